The summed E-state index contributed by atoms with van der Waals surface area (Å²) in [6, 6.07) is 11.1. The summed E-state index contributed by atoms with van der Waals surface area (Å²) in [6.07, 6.45) is 4.41. The van der Waals surface area contributed by atoms with Crippen LogP contribution in [0.4, 0.5) is 0 Å². The monoisotopic (exact) mass is 304 g/mol. The molecule has 3 nitrogen and oxygen atoms in total. The Morgan fingerprint density at radius 3 is 2.48 bits per heavy atom. The van der Waals surface area contributed by atoms with Crippen LogP contribution in [0.2, 0.25) is 0 Å². The summed E-state index contributed by atoms with van der Waals surface area (Å²) in [5, 5.41) is 1.98. The summed E-state index contributed by atoms with van der Waals surface area (Å²) < 4.78 is 33.2. The van der Waals surface area contributed by atoms with E-state index >= 15 is 0 Å². The molecule has 1 aliphatic rings. The first-order valence-electron chi connectivity index (χ1n) is 7.47. The molecule has 2 unspecified atom stereocenters. The average Bonchev–Trinajstić information content (AvgIpc) is 2.46. The second kappa shape index (κ2) is 5.43. The lowest BCUT2D eigenvalue weighted by atomic mass is 9.75. The van der Waals surface area contributed by atoms with Crippen molar-refractivity contribution in [3.63, 3.8) is 0 Å². The molecule has 1 fully saturated rings. The Hall–Kier alpha value is -1.39. The van der Waals surface area contributed by atoms with E-state index in [2.05, 4.69) is 6.92 Å². The minimum atomic E-state index is -4.20. The maximum Gasteiger partial charge on any atom is 0.294 e. The molecule has 0 aliphatic heterocycles. The minimum Gasteiger partial charge on any atom is -0.282 e. The van der Waals surface area contributed by atoms with Crippen LogP contribution in [0.25, 0.3) is 10.8 Å². The lowest BCUT2D eigenvalue weighted by Crippen LogP contribution is -2.18. The van der Waals surface area contributed by atoms with E-state index in [1.54, 1.807) is 12.1 Å². The van der Waals surface area contributed by atoms with E-state index in [9.17, 15) is 13.0 Å². The lowest BCUT2D eigenvalue weighted by molar-refractivity contribution is 0.328. The molecule has 1 N–H and O–H groups in total. The first kappa shape index (κ1) is 14.5. The van der Waals surface area contributed by atoms with Gasteiger partial charge in [-0.3, -0.25) is 4.55 Å². The van der Waals surface area contributed by atoms with Crippen molar-refractivity contribution in [2.24, 2.45) is 5.92 Å². The molecule has 0 heterocycles. The molecule has 0 bridgehead atoms. The van der Waals surface area contributed by atoms with Gasteiger partial charge in [0.2, 0.25) is 0 Å². The smallest absolute Gasteiger partial charge is 0.282 e. The minimum absolute atomic E-state index is 0.0833. The van der Waals surface area contributed by atoms with E-state index in [1.807, 2.05) is 24.3 Å². The second-order valence-corrected chi connectivity index (χ2v) is 7.43. The zero-order valence-corrected chi connectivity index (χ0v) is 12.9. The van der Waals surface area contributed by atoms with Crippen LogP contribution in [0.15, 0.2) is 41.3 Å². The highest BCUT2D eigenvalue weighted by molar-refractivity contribution is 7.85. The summed E-state index contributed by atoms with van der Waals surface area (Å²) in [5.74, 6) is 0.631. The Labute approximate surface area is 125 Å². The van der Waals surface area contributed by atoms with Gasteiger partial charge in [-0.2, -0.15) is 8.42 Å². The third-order valence-corrected chi connectivity index (χ3v) is 5.60. The van der Waals surface area contributed by atoms with Crippen LogP contribution in [-0.2, 0) is 10.1 Å². The molecular formula is C17H20O3S. The molecule has 2 aromatic rings. The molecule has 0 spiro atoms. The second-order valence-electron chi connectivity index (χ2n) is 6.04. The fraction of sp³-hybridized carbons (Fsp3) is 0.412. The number of hydrogen-bond donors (Lipinski definition) is 1. The summed E-state index contributed by atoms with van der Waals surface area (Å²) in [5.41, 5.74) is 0.808. The summed E-state index contributed by atoms with van der Waals surface area (Å²) in [7, 11) is -4.20. The predicted molar refractivity (Wildman–Crippen MR) is 84.1 cm³/mol. The highest BCUT2D eigenvalue weighted by atomic mass is 32.2. The van der Waals surface area contributed by atoms with Crippen LogP contribution >= 0.6 is 0 Å². The van der Waals surface area contributed by atoms with Gasteiger partial charge in [0.15, 0.2) is 0 Å². The van der Waals surface area contributed by atoms with Crippen molar-refractivity contribution in [3.8, 4) is 0 Å². The quantitative estimate of drug-likeness (QED) is 0.838. The Kier molecular flexibility index (Phi) is 3.76. The Balaban J connectivity index is 2.30. The van der Waals surface area contributed by atoms with Crippen LogP contribution in [-0.4, -0.2) is 13.0 Å². The van der Waals surface area contributed by atoms with Crippen molar-refractivity contribution >= 4 is 20.9 Å². The van der Waals surface area contributed by atoms with Crippen molar-refractivity contribution < 1.29 is 13.0 Å². The third-order valence-electron chi connectivity index (χ3n) is 4.69. The molecular weight excluding hydrogens is 284 g/mol. The van der Waals surface area contributed by atoms with E-state index in [4.69, 9.17) is 0 Å². The summed E-state index contributed by atoms with van der Waals surface area (Å²) in [4.78, 5) is 0.0833. The van der Waals surface area contributed by atoms with Gasteiger partial charge >= 0.3 is 0 Å². The molecule has 0 radical (unpaired) electrons. The Morgan fingerprint density at radius 1 is 1.05 bits per heavy atom. The first-order valence-corrected chi connectivity index (χ1v) is 8.91. The maximum atomic E-state index is 11.8. The van der Waals surface area contributed by atoms with E-state index in [0.717, 1.165) is 35.6 Å². The number of fused-ring (bicyclic) bond motifs is 1. The van der Waals surface area contributed by atoms with Crippen LogP contribution in [0.1, 0.15) is 44.1 Å². The largest absolute Gasteiger partial charge is 0.294 e. The number of rotatable bonds is 2. The lowest BCUT2D eigenvalue weighted by Gasteiger charge is -2.31. The van der Waals surface area contributed by atoms with Gasteiger partial charge in [-0.15, -0.1) is 0 Å². The SMILES string of the molecule is CC1CCCCC1c1c(S(=O)(=O)O)ccc2ccccc12. The zero-order chi connectivity index (χ0) is 15.0. The molecule has 1 aliphatic carbocycles. The summed E-state index contributed by atoms with van der Waals surface area (Å²) >= 11 is 0. The van der Waals surface area contributed by atoms with Gasteiger partial charge in [0, 0.05) is 0 Å². The van der Waals surface area contributed by atoms with E-state index in [-0.39, 0.29) is 10.8 Å². The van der Waals surface area contributed by atoms with Gasteiger partial charge in [-0.25, -0.2) is 0 Å². The number of hydrogen-bond acceptors (Lipinski definition) is 2. The van der Waals surface area contributed by atoms with Crippen molar-refractivity contribution in [1.82, 2.24) is 0 Å². The normalized spacial score (nSPS) is 23.3. The van der Waals surface area contributed by atoms with Crippen LogP contribution in [0.3, 0.4) is 0 Å². The third kappa shape index (κ3) is 2.70. The van der Waals surface area contributed by atoms with Crippen molar-refractivity contribution in [1.29, 1.82) is 0 Å². The molecule has 0 aromatic heterocycles. The van der Waals surface area contributed by atoms with Gasteiger partial charge in [-0.1, -0.05) is 56.5 Å². The van der Waals surface area contributed by atoms with Gasteiger partial charge in [-0.05, 0) is 40.7 Å². The van der Waals surface area contributed by atoms with Crippen LogP contribution in [0.5, 0.6) is 0 Å². The Morgan fingerprint density at radius 2 is 1.76 bits per heavy atom. The maximum absolute atomic E-state index is 11.8. The fourth-order valence-electron chi connectivity index (χ4n) is 3.63. The topological polar surface area (TPSA) is 54.4 Å². The number of benzene rings is 2. The van der Waals surface area contributed by atoms with Gasteiger partial charge in [0.05, 0.1) is 4.90 Å². The molecule has 0 saturated heterocycles. The fourth-order valence-corrected chi connectivity index (χ4v) is 4.41. The predicted octanol–water partition coefficient (Wildman–Crippen LogP) is 4.38. The molecule has 2 atom stereocenters. The highest BCUT2D eigenvalue weighted by Crippen LogP contribution is 2.43. The van der Waals surface area contributed by atoms with Gasteiger partial charge < -0.3 is 0 Å². The van der Waals surface area contributed by atoms with E-state index < -0.39 is 10.1 Å². The van der Waals surface area contributed by atoms with Crippen molar-refractivity contribution in [2.75, 3.05) is 0 Å². The molecule has 3 rings (SSSR count). The van der Waals surface area contributed by atoms with E-state index in [0.29, 0.717) is 5.92 Å². The zero-order valence-electron chi connectivity index (χ0n) is 12.1. The van der Waals surface area contributed by atoms with E-state index in [1.165, 1.54) is 6.42 Å². The molecule has 2 aromatic carbocycles. The first-order chi connectivity index (χ1) is 9.98. The average molecular weight is 304 g/mol. The molecule has 0 amide bonds. The van der Waals surface area contributed by atoms with Crippen molar-refractivity contribution in [3.05, 3.63) is 42.0 Å². The summed E-state index contributed by atoms with van der Waals surface area (Å²) in [6.45, 7) is 2.18. The molecule has 112 valence electrons. The van der Waals surface area contributed by atoms with Crippen molar-refractivity contribution in [2.45, 2.75) is 43.4 Å². The van der Waals surface area contributed by atoms with Gasteiger partial charge in [0.25, 0.3) is 10.1 Å². The van der Waals surface area contributed by atoms with Crippen LogP contribution < -0.4 is 0 Å². The Bertz CT molecular complexity index is 765. The highest BCUT2D eigenvalue weighted by Gasteiger charge is 2.29. The van der Waals surface area contributed by atoms with Crippen LogP contribution in [0, 0.1) is 5.92 Å². The molecule has 4 heteroatoms. The van der Waals surface area contributed by atoms with Gasteiger partial charge in [0.1, 0.15) is 0 Å². The molecule has 21 heavy (non-hydrogen) atoms. The standard InChI is InChI=1S/C17H20O3S/c1-12-6-2-4-8-14(12)17-15-9-5-3-7-13(15)10-11-16(17)21(18,19)20/h3,5,7,9-12,14H,2,4,6,8H2,1H3,(H,18,19,20). The molecule has 1 saturated carbocycles.